The summed E-state index contributed by atoms with van der Waals surface area (Å²) in [5, 5.41) is 19.1. The smallest absolute Gasteiger partial charge is 0.330 e. The van der Waals surface area contributed by atoms with Crippen molar-refractivity contribution in [3.05, 3.63) is 97.1 Å². The van der Waals surface area contributed by atoms with Crippen LogP contribution in [0.25, 0.3) is 0 Å². The van der Waals surface area contributed by atoms with Gasteiger partial charge in [0.2, 0.25) is 25.6 Å². The highest BCUT2D eigenvalue weighted by atomic mass is 32.2. The Morgan fingerprint density at radius 2 is 0.857 bits per heavy atom. The molecule has 0 fully saturated rings. The van der Waals surface area contributed by atoms with Gasteiger partial charge in [0.1, 0.15) is 23.0 Å². The molecule has 5 rings (SSSR count). The zero-order valence-electron chi connectivity index (χ0n) is 26.9. The van der Waals surface area contributed by atoms with Crippen molar-refractivity contribution < 1.29 is 36.5 Å². The molecule has 0 atom stereocenters. The molecule has 14 heteroatoms. The highest BCUT2D eigenvalue weighted by Crippen LogP contribution is 2.30. The fourth-order valence-corrected chi connectivity index (χ4v) is 7.20. The normalized spacial score (nSPS) is 11.6. The highest BCUT2D eigenvalue weighted by Gasteiger charge is 2.21. The van der Waals surface area contributed by atoms with Gasteiger partial charge in [-0.15, -0.1) is 4.98 Å². The SMILES string of the molecule is CCCCN(CCCC)c1nc(Oc2ccc(S(=O)(=O)c3ccc(O)cc3)cc2)nc(Oc2ccc(S(=O)(=O)c3ccc(O)cc3)cc2)n1. The van der Waals surface area contributed by atoms with Gasteiger partial charge in [-0.25, -0.2) is 16.8 Å². The minimum Gasteiger partial charge on any atom is -0.508 e. The lowest BCUT2D eigenvalue weighted by Crippen LogP contribution is -2.28. The first-order valence-electron chi connectivity index (χ1n) is 15.6. The Labute approximate surface area is 285 Å². The number of sulfone groups is 2. The van der Waals surface area contributed by atoms with Crippen LogP contribution >= 0.6 is 0 Å². The largest absolute Gasteiger partial charge is 0.508 e. The lowest BCUT2D eigenvalue weighted by Gasteiger charge is -2.22. The van der Waals surface area contributed by atoms with E-state index in [9.17, 15) is 27.0 Å². The minimum absolute atomic E-state index is 0.0343. The Balaban J connectivity index is 1.42. The van der Waals surface area contributed by atoms with E-state index < -0.39 is 19.7 Å². The van der Waals surface area contributed by atoms with Gasteiger partial charge in [-0.2, -0.15) is 9.97 Å². The van der Waals surface area contributed by atoms with E-state index in [2.05, 4.69) is 28.8 Å². The van der Waals surface area contributed by atoms with Gasteiger partial charge < -0.3 is 24.6 Å². The molecule has 256 valence electrons. The third-order valence-electron chi connectivity index (χ3n) is 7.41. The van der Waals surface area contributed by atoms with Crippen LogP contribution in [-0.2, 0) is 19.7 Å². The maximum atomic E-state index is 13.1. The number of hydrogen-bond acceptors (Lipinski definition) is 12. The number of phenols is 2. The highest BCUT2D eigenvalue weighted by molar-refractivity contribution is 7.91. The topological polar surface area (TPSA) is 169 Å². The molecule has 4 aromatic carbocycles. The molecule has 0 radical (unpaired) electrons. The molecule has 1 heterocycles. The minimum atomic E-state index is -3.83. The fourth-order valence-electron chi connectivity index (χ4n) is 4.68. The average Bonchev–Trinajstić information content (AvgIpc) is 3.09. The summed E-state index contributed by atoms with van der Waals surface area (Å²) >= 11 is 0. The second kappa shape index (κ2) is 15.3. The predicted octanol–water partition coefficient (Wildman–Crippen LogP) is 6.94. The summed E-state index contributed by atoms with van der Waals surface area (Å²) < 4.78 is 64.2. The van der Waals surface area contributed by atoms with Crippen LogP contribution in [0, 0.1) is 0 Å². The van der Waals surface area contributed by atoms with Crippen molar-refractivity contribution in [2.24, 2.45) is 0 Å². The number of rotatable bonds is 15. The van der Waals surface area contributed by atoms with Crippen molar-refractivity contribution in [1.82, 2.24) is 15.0 Å². The van der Waals surface area contributed by atoms with Crippen LogP contribution in [0.5, 0.6) is 35.0 Å². The number of aromatic hydroxyl groups is 2. The summed E-state index contributed by atoms with van der Waals surface area (Å²) in [4.78, 5) is 15.6. The maximum absolute atomic E-state index is 13.1. The van der Waals surface area contributed by atoms with Crippen LogP contribution in [0.15, 0.2) is 117 Å². The summed E-state index contributed by atoms with van der Waals surface area (Å²) in [6.07, 6.45) is 3.71. The molecule has 0 saturated heterocycles. The first-order chi connectivity index (χ1) is 23.5. The van der Waals surface area contributed by atoms with Gasteiger partial charge in [0.05, 0.1) is 19.6 Å². The predicted molar refractivity (Wildman–Crippen MR) is 182 cm³/mol. The third-order valence-corrected chi connectivity index (χ3v) is 11.0. The van der Waals surface area contributed by atoms with Crippen LogP contribution in [-0.4, -0.2) is 55.1 Å². The maximum Gasteiger partial charge on any atom is 0.330 e. The standard InChI is InChI=1S/C35H36N4O8S2/c1-3-5-23-39(24-6-4-2)33-36-34(46-27-11-19-31(20-12-27)48(42,43)29-15-7-25(40)8-16-29)38-35(37-33)47-28-13-21-32(22-14-28)49(44,45)30-17-9-26(41)10-18-30/h7-22,40-41H,3-6,23-24H2,1-2H3. The summed E-state index contributed by atoms with van der Waals surface area (Å²) in [5.41, 5.74) is 0. The second-order valence-electron chi connectivity index (χ2n) is 11.0. The van der Waals surface area contributed by atoms with E-state index in [4.69, 9.17) is 9.47 Å². The monoisotopic (exact) mass is 704 g/mol. The summed E-state index contributed by atoms with van der Waals surface area (Å²) in [6, 6.07) is 21.9. The Morgan fingerprint density at radius 3 is 1.18 bits per heavy atom. The molecule has 0 aliphatic rings. The van der Waals surface area contributed by atoms with E-state index in [1.807, 2.05) is 4.90 Å². The van der Waals surface area contributed by atoms with Crippen LogP contribution in [0.3, 0.4) is 0 Å². The van der Waals surface area contributed by atoms with E-state index in [1.54, 1.807) is 0 Å². The molecule has 2 N–H and O–H groups in total. The molecule has 0 amide bonds. The molecule has 0 aliphatic carbocycles. The van der Waals surface area contributed by atoms with E-state index in [-0.39, 0.29) is 54.6 Å². The van der Waals surface area contributed by atoms with Gasteiger partial charge >= 0.3 is 12.0 Å². The van der Waals surface area contributed by atoms with Crippen molar-refractivity contribution in [3.8, 4) is 35.0 Å². The van der Waals surface area contributed by atoms with E-state index in [1.165, 1.54) is 97.1 Å². The van der Waals surface area contributed by atoms with E-state index in [0.717, 1.165) is 25.7 Å². The van der Waals surface area contributed by atoms with Gasteiger partial charge in [-0.1, -0.05) is 26.7 Å². The zero-order chi connectivity index (χ0) is 35.0. The lowest BCUT2D eigenvalue weighted by molar-refractivity contribution is 0.396. The molecular formula is C35H36N4O8S2. The van der Waals surface area contributed by atoms with Gasteiger partial charge in [-0.3, -0.25) is 0 Å². The molecule has 1 aromatic heterocycles. The van der Waals surface area contributed by atoms with Crippen molar-refractivity contribution in [2.75, 3.05) is 18.0 Å². The number of unbranched alkanes of at least 4 members (excludes halogenated alkanes) is 2. The van der Waals surface area contributed by atoms with Gasteiger partial charge in [0, 0.05) is 13.1 Å². The Kier molecular flexibility index (Phi) is 11.0. The van der Waals surface area contributed by atoms with Gasteiger partial charge in [0.25, 0.3) is 0 Å². The summed E-state index contributed by atoms with van der Waals surface area (Å²) in [7, 11) is -7.67. The molecule has 49 heavy (non-hydrogen) atoms. The molecule has 0 unspecified atom stereocenters. The molecule has 0 spiro atoms. The number of benzene rings is 4. The number of ether oxygens (including phenoxy) is 2. The quantitative estimate of drug-likeness (QED) is 0.115. The number of nitrogens with zero attached hydrogens (tertiary/aromatic N) is 4. The number of aromatic nitrogens is 3. The van der Waals surface area contributed by atoms with Crippen LogP contribution in [0.1, 0.15) is 39.5 Å². The third kappa shape index (κ3) is 8.64. The molecule has 12 nitrogen and oxygen atoms in total. The second-order valence-corrected chi connectivity index (χ2v) is 14.9. The van der Waals surface area contributed by atoms with Crippen LogP contribution < -0.4 is 14.4 Å². The van der Waals surface area contributed by atoms with Crippen molar-refractivity contribution in [2.45, 2.75) is 59.1 Å². The van der Waals surface area contributed by atoms with Crippen molar-refractivity contribution >= 4 is 25.6 Å². The first kappa shape index (κ1) is 35.1. The van der Waals surface area contributed by atoms with E-state index >= 15 is 0 Å². The summed E-state index contributed by atoms with van der Waals surface area (Å²) in [5.74, 6) is 0.790. The Morgan fingerprint density at radius 1 is 0.531 bits per heavy atom. The number of hydrogen-bond donors (Lipinski definition) is 2. The van der Waals surface area contributed by atoms with Crippen molar-refractivity contribution in [3.63, 3.8) is 0 Å². The summed E-state index contributed by atoms with van der Waals surface area (Å²) in [6.45, 7) is 5.55. The Hall–Kier alpha value is -5.21. The molecule has 0 saturated carbocycles. The Bertz CT molecular complexity index is 1930. The molecule has 0 bridgehead atoms. The lowest BCUT2D eigenvalue weighted by atomic mass is 10.3. The molecular weight excluding hydrogens is 669 g/mol. The zero-order valence-corrected chi connectivity index (χ0v) is 28.6. The van der Waals surface area contributed by atoms with Crippen LogP contribution in [0.2, 0.25) is 0 Å². The fraction of sp³-hybridized carbons (Fsp3) is 0.229. The van der Waals surface area contributed by atoms with Gasteiger partial charge in [-0.05, 0) is 110 Å². The average molecular weight is 705 g/mol. The number of anilines is 1. The first-order valence-corrected chi connectivity index (χ1v) is 18.6. The molecule has 0 aliphatic heterocycles. The van der Waals surface area contributed by atoms with Crippen LogP contribution in [0.4, 0.5) is 5.95 Å². The van der Waals surface area contributed by atoms with E-state index in [0.29, 0.717) is 19.0 Å². The molecule has 5 aromatic rings. The van der Waals surface area contributed by atoms with Gasteiger partial charge in [0.15, 0.2) is 0 Å². The number of phenolic OH excluding ortho intramolecular Hbond substituents is 2. The van der Waals surface area contributed by atoms with Crippen molar-refractivity contribution in [1.29, 1.82) is 0 Å².